The monoisotopic (exact) mass is 370 g/mol. The minimum absolute atomic E-state index is 0.0995. The lowest BCUT2D eigenvalue weighted by Crippen LogP contribution is -2.35. The summed E-state index contributed by atoms with van der Waals surface area (Å²) in [5.74, 6) is 1.98. The highest BCUT2D eigenvalue weighted by molar-refractivity contribution is 5.78. The molecule has 2 heterocycles. The number of aryl methyl sites for hydroxylation is 3. The Morgan fingerprint density at radius 2 is 2.04 bits per heavy atom. The van der Waals surface area contributed by atoms with Gasteiger partial charge in [-0.2, -0.15) is 5.10 Å². The summed E-state index contributed by atoms with van der Waals surface area (Å²) >= 11 is 0. The molecule has 0 saturated heterocycles. The van der Waals surface area contributed by atoms with Crippen LogP contribution in [0.4, 0.5) is 5.82 Å². The first-order valence-corrected chi connectivity index (χ1v) is 9.89. The van der Waals surface area contributed by atoms with Crippen molar-refractivity contribution in [3.63, 3.8) is 0 Å². The number of nitrogens with zero attached hydrogens (tertiary/aromatic N) is 4. The van der Waals surface area contributed by atoms with Crippen LogP contribution in [0.2, 0.25) is 0 Å². The predicted octanol–water partition coefficient (Wildman–Crippen LogP) is 2.76. The Hall–Kier alpha value is -2.44. The fraction of sp³-hybridized carbons (Fsp3) is 0.600. The Kier molecular flexibility index (Phi) is 6.42. The summed E-state index contributed by atoms with van der Waals surface area (Å²) in [5, 5.41) is 10.7. The summed E-state index contributed by atoms with van der Waals surface area (Å²) in [6, 6.07) is 2.43. The van der Waals surface area contributed by atoms with Crippen molar-refractivity contribution in [2.24, 2.45) is 13.0 Å². The molecule has 0 unspecified atom stereocenters. The lowest BCUT2D eigenvalue weighted by Gasteiger charge is -2.28. The Balaban J connectivity index is 1.46. The molecule has 7 heteroatoms. The Morgan fingerprint density at radius 1 is 1.26 bits per heavy atom. The summed E-state index contributed by atoms with van der Waals surface area (Å²) < 4.78 is 1.75. The molecule has 1 aliphatic rings. The van der Waals surface area contributed by atoms with Gasteiger partial charge in [0.25, 0.3) is 0 Å². The van der Waals surface area contributed by atoms with Gasteiger partial charge in [0, 0.05) is 49.1 Å². The first-order chi connectivity index (χ1) is 13.0. The molecule has 0 spiro atoms. The number of rotatable bonds is 7. The second kappa shape index (κ2) is 8.97. The third-order valence-electron chi connectivity index (χ3n) is 5.07. The standard InChI is InChI=1S/C20H30N6O/c1-4-5-18-10-19(24-14(2)23-18)25-17-8-6-16(7-9-17)20(27)21-11-15-12-22-26(3)13-15/h10,12-13,16-17H,4-9,11H2,1-3H3,(H,21,27)(H,23,24,25). The first-order valence-electron chi connectivity index (χ1n) is 9.89. The number of carbonyl (C=O) groups is 1. The van der Waals surface area contributed by atoms with Crippen molar-refractivity contribution in [3.8, 4) is 0 Å². The average molecular weight is 371 g/mol. The number of hydrogen-bond donors (Lipinski definition) is 2. The Morgan fingerprint density at radius 3 is 2.70 bits per heavy atom. The minimum Gasteiger partial charge on any atom is -0.367 e. The van der Waals surface area contributed by atoms with E-state index in [1.165, 1.54) is 0 Å². The van der Waals surface area contributed by atoms with Gasteiger partial charge in [-0.1, -0.05) is 13.3 Å². The quantitative estimate of drug-likeness (QED) is 0.783. The smallest absolute Gasteiger partial charge is 0.223 e. The van der Waals surface area contributed by atoms with Crippen LogP contribution in [0, 0.1) is 12.8 Å². The van der Waals surface area contributed by atoms with Crippen molar-refractivity contribution < 1.29 is 4.79 Å². The molecule has 0 aromatic carbocycles. The summed E-state index contributed by atoms with van der Waals surface area (Å²) in [7, 11) is 1.88. The van der Waals surface area contributed by atoms with Crippen molar-refractivity contribution in [3.05, 3.63) is 35.5 Å². The van der Waals surface area contributed by atoms with Crippen LogP contribution in [-0.4, -0.2) is 31.7 Å². The van der Waals surface area contributed by atoms with E-state index in [9.17, 15) is 4.79 Å². The fourth-order valence-corrected chi connectivity index (χ4v) is 3.69. The van der Waals surface area contributed by atoms with E-state index in [-0.39, 0.29) is 11.8 Å². The van der Waals surface area contributed by atoms with Crippen LogP contribution < -0.4 is 10.6 Å². The fourth-order valence-electron chi connectivity index (χ4n) is 3.69. The molecule has 27 heavy (non-hydrogen) atoms. The highest BCUT2D eigenvalue weighted by Crippen LogP contribution is 2.26. The maximum absolute atomic E-state index is 12.4. The van der Waals surface area contributed by atoms with Gasteiger partial charge in [-0.05, 0) is 39.0 Å². The first kappa shape index (κ1) is 19.3. The van der Waals surface area contributed by atoms with E-state index in [2.05, 4.69) is 38.7 Å². The van der Waals surface area contributed by atoms with Crippen molar-refractivity contribution in [2.45, 2.75) is 65.0 Å². The predicted molar refractivity (Wildman–Crippen MR) is 105 cm³/mol. The van der Waals surface area contributed by atoms with Crippen LogP contribution in [0.15, 0.2) is 18.5 Å². The van der Waals surface area contributed by atoms with E-state index in [1.54, 1.807) is 10.9 Å². The lowest BCUT2D eigenvalue weighted by atomic mass is 9.85. The molecule has 146 valence electrons. The van der Waals surface area contributed by atoms with Gasteiger partial charge in [0.05, 0.1) is 6.20 Å². The second-order valence-corrected chi connectivity index (χ2v) is 7.47. The molecule has 1 aliphatic carbocycles. The van der Waals surface area contributed by atoms with Crippen LogP contribution in [0.5, 0.6) is 0 Å². The van der Waals surface area contributed by atoms with E-state index in [0.717, 1.165) is 61.4 Å². The molecule has 0 aliphatic heterocycles. The zero-order valence-electron chi connectivity index (χ0n) is 16.5. The Bertz CT molecular complexity index is 764. The number of anilines is 1. The zero-order chi connectivity index (χ0) is 19.2. The van der Waals surface area contributed by atoms with Crippen LogP contribution in [0.1, 0.15) is 56.1 Å². The maximum atomic E-state index is 12.4. The maximum Gasteiger partial charge on any atom is 0.223 e. The van der Waals surface area contributed by atoms with Crippen molar-refractivity contribution in [2.75, 3.05) is 5.32 Å². The van der Waals surface area contributed by atoms with E-state index in [1.807, 2.05) is 20.2 Å². The molecule has 0 radical (unpaired) electrons. The van der Waals surface area contributed by atoms with Gasteiger partial charge in [-0.15, -0.1) is 0 Å². The second-order valence-electron chi connectivity index (χ2n) is 7.47. The molecule has 2 aromatic heterocycles. The van der Waals surface area contributed by atoms with Crippen LogP contribution >= 0.6 is 0 Å². The number of nitrogens with one attached hydrogen (secondary N) is 2. The van der Waals surface area contributed by atoms with Gasteiger partial charge in [-0.3, -0.25) is 9.48 Å². The average Bonchev–Trinajstić information content (AvgIpc) is 3.05. The summed E-state index contributed by atoms with van der Waals surface area (Å²) in [6.07, 6.45) is 9.55. The largest absolute Gasteiger partial charge is 0.367 e. The van der Waals surface area contributed by atoms with Crippen LogP contribution in [0.25, 0.3) is 0 Å². The van der Waals surface area contributed by atoms with Crippen molar-refractivity contribution in [1.82, 2.24) is 25.1 Å². The molecular formula is C20H30N6O. The summed E-state index contributed by atoms with van der Waals surface area (Å²) in [5.41, 5.74) is 2.12. The van der Waals surface area contributed by atoms with Gasteiger partial charge in [0.1, 0.15) is 11.6 Å². The lowest BCUT2D eigenvalue weighted by molar-refractivity contribution is -0.126. The van der Waals surface area contributed by atoms with Crippen molar-refractivity contribution >= 4 is 11.7 Å². The number of hydrogen-bond acceptors (Lipinski definition) is 5. The third-order valence-corrected chi connectivity index (χ3v) is 5.07. The SMILES string of the molecule is CCCc1cc(NC2CCC(C(=O)NCc3cnn(C)c3)CC2)nc(C)n1. The summed E-state index contributed by atoms with van der Waals surface area (Å²) in [4.78, 5) is 21.4. The third kappa shape index (κ3) is 5.52. The van der Waals surface area contributed by atoms with E-state index < -0.39 is 0 Å². The van der Waals surface area contributed by atoms with E-state index >= 15 is 0 Å². The molecule has 2 N–H and O–H groups in total. The highest BCUT2D eigenvalue weighted by atomic mass is 16.1. The normalized spacial score (nSPS) is 19.7. The van der Waals surface area contributed by atoms with E-state index in [0.29, 0.717) is 12.6 Å². The van der Waals surface area contributed by atoms with Crippen molar-refractivity contribution in [1.29, 1.82) is 0 Å². The minimum atomic E-state index is 0.0995. The number of carbonyl (C=O) groups excluding carboxylic acids is 1. The Labute approximate surface area is 161 Å². The van der Waals surface area contributed by atoms with Gasteiger partial charge >= 0.3 is 0 Å². The molecule has 7 nitrogen and oxygen atoms in total. The molecular weight excluding hydrogens is 340 g/mol. The van der Waals surface area contributed by atoms with Gasteiger partial charge in [-0.25, -0.2) is 9.97 Å². The highest BCUT2D eigenvalue weighted by Gasteiger charge is 2.26. The number of amides is 1. The van der Waals surface area contributed by atoms with Gasteiger partial charge in [0.2, 0.25) is 5.91 Å². The van der Waals surface area contributed by atoms with Crippen LogP contribution in [0.3, 0.4) is 0 Å². The number of aromatic nitrogens is 4. The van der Waals surface area contributed by atoms with Gasteiger partial charge < -0.3 is 10.6 Å². The van der Waals surface area contributed by atoms with E-state index in [4.69, 9.17) is 0 Å². The molecule has 1 saturated carbocycles. The zero-order valence-corrected chi connectivity index (χ0v) is 16.5. The molecule has 1 amide bonds. The molecule has 2 aromatic rings. The molecule has 3 rings (SSSR count). The topological polar surface area (TPSA) is 84.7 Å². The molecule has 0 bridgehead atoms. The molecule has 1 fully saturated rings. The van der Waals surface area contributed by atoms with Gasteiger partial charge in [0.15, 0.2) is 0 Å². The molecule has 0 atom stereocenters. The summed E-state index contributed by atoms with van der Waals surface area (Å²) in [6.45, 7) is 4.64. The van der Waals surface area contributed by atoms with Crippen LogP contribution in [-0.2, 0) is 24.8 Å².